The lowest BCUT2D eigenvalue weighted by molar-refractivity contribution is -0.120. The predicted molar refractivity (Wildman–Crippen MR) is 85.6 cm³/mol. The summed E-state index contributed by atoms with van der Waals surface area (Å²) in [6, 6.07) is 16.1. The Bertz CT molecular complexity index is 697. The van der Waals surface area contributed by atoms with Crippen LogP contribution in [0.2, 0.25) is 0 Å². The number of nitrogens with one attached hydrogen (secondary N) is 1. The van der Waals surface area contributed by atoms with E-state index < -0.39 is 6.04 Å². The molecule has 0 aliphatic carbocycles. The van der Waals surface area contributed by atoms with Crippen LogP contribution in [0.1, 0.15) is 35.3 Å². The molecular weight excluding hydrogens is 276 g/mol. The molecule has 0 radical (unpaired) electrons. The molecule has 112 valence electrons. The molecule has 0 spiro atoms. The first kappa shape index (κ1) is 14.3. The van der Waals surface area contributed by atoms with Crippen LogP contribution >= 0.6 is 0 Å². The van der Waals surface area contributed by atoms with E-state index in [1.807, 2.05) is 55.5 Å². The molecule has 1 N–H and O–H groups in total. The number of nitrogens with zero attached hydrogens (tertiary/aromatic N) is 1. The van der Waals surface area contributed by atoms with Crippen molar-refractivity contribution < 1.29 is 9.59 Å². The van der Waals surface area contributed by atoms with Crippen molar-refractivity contribution in [3.8, 4) is 0 Å². The third-order valence-electron chi connectivity index (χ3n) is 3.81. The maximum Gasteiger partial charge on any atom is 0.255 e. The molecule has 1 unspecified atom stereocenters. The topological polar surface area (TPSA) is 49.4 Å². The zero-order chi connectivity index (χ0) is 15.5. The smallest absolute Gasteiger partial charge is 0.255 e. The molecule has 22 heavy (non-hydrogen) atoms. The van der Waals surface area contributed by atoms with Crippen LogP contribution in [-0.2, 0) is 4.79 Å². The van der Waals surface area contributed by atoms with Gasteiger partial charge in [-0.2, -0.15) is 0 Å². The van der Waals surface area contributed by atoms with Crippen LogP contribution in [0.4, 0.5) is 5.69 Å². The van der Waals surface area contributed by atoms with Gasteiger partial charge in [0, 0.05) is 17.8 Å². The van der Waals surface area contributed by atoms with Crippen LogP contribution < -0.4 is 5.32 Å². The van der Waals surface area contributed by atoms with Gasteiger partial charge in [0.05, 0.1) is 0 Å². The number of para-hydroxylation sites is 1. The Morgan fingerprint density at radius 2 is 1.77 bits per heavy atom. The summed E-state index contributed by atoms with van der Waals surface area (Å²) in [5.41, 5.74) is 2.15. The molecule has 1 heterocycles. The Morgan fingerprint density at radius 1 is 1.09 bits per heavy atom. The minimum Gasteiger partial charge on any atom is -0.324 e. The highest BCUT2D eigenvalue weighted by molar-refractivity contribution is 6.07. The summed E-state index contributed by atoms with van der Waals surface area (Å²) < 4.78 is 0. The quantitative estimate of drug-likeness (QED) is 0.941. The summed E-state index contributed by atoms with van der Waals surface area (Å²) in [6.45, 7) is 2.57. The molecule has 0 aromatic heterocycles. The zero-order valence-corrected chi connectivity index (χ0v) is 12.5. The maximum absolute atomic E-state index is 12.7. The monoisotopic (exact) mass is 294 g/mol. The molecule has 1 atom stereocenters. The average molecular weight is 294 g/mol. The van der Waals surface area contributed by atoms with Crippen molar-refractivity contribution in [3.05, 3.63) is 65.7 Å². The van der Waals surface area contributed by atoms with E-state index in [-0.39, 0.29) is 11.8 Å². The minimum atomic E-state index is -0.552. The molecule has 3 rings (SSSR count). The Balaban J connectivity index is 1.92. The van der Waals surface area contributed by atoms with E-state index in [0.29, 0.717) is 12.1 Å². The molecule has 0 saturated heterocycles. The van der Waals surface area contributed by atoms with Crippen molar-refractivity contribution in [2.24, 2.45) is 0 Å². The van der Waals surface area contributed by atoms with Crippen LogP contribution in [0.3, 0.4) is 0 Å². The average Bonchev–Trinajstić information content (AvgIpc) is 2.82. The van der Waals surface area contributed by atoms with Gasteiger partial charge in [0.25, 0.3) is 11.8 Å². The molecule has 2 aromatic carbocycles. The van der Waals surface area contributed by atoms with Gasteiger partial charge in [0.1, 0.15) is 6.04 Å². The summed E-state index contributed by atoms with van der Waals surface area (Å²) in [5.74, 6) is -0.233. The number of carbonyl (C=O) groups excluding carboxylic acids is 2. The van der Waals surface area contributed by atoms with Crippen molar-refractivity contribution in [3.63, 3.8) is 0 Å². The van der Waals surface area contributed by atoms with Crippen molar-refractivity contribution in [2.45, 2.75) is 19.4 Å². The lowest BCUT2D eigenvalue weighted by Gasteiger charge is -2.24. The number of hydrogen-bond donors (Lipinski definition) is 1. The molecule has 0 fully saturated rings. The van der Waals surface area contributed by atoms with Gasteiger partial charge in [0.15, 0.2) is 0 Å². The van der Waals surface area contributed by atoms with Crippen LogP contribution in [0.15, 0.2) is 54.6 Å². The first-order valence-corrected chi connectivity index (χ1v) is 7.48. The van der Waals surface area contributed by atoms with E-state index in [4.69, 9.17) is 0 Å². The highest BCUT2D eigenvalue weighted by Gasteiger charge is 2.40. The van der Waals surface area contributed by atoms with Gasteiger partial charge in [0.2, 0.25) is 0 Å². The van der Waals surface area contributed by atoms with E-state index >= 15 is 0 Å². The first-order valence-electron chi connectivity index (χ1n) is 7.48. The summed E-state index contributed by atoms with van der Waals surface area (Å²) in [5, 5.41) is 2.90. The van der Waals surface area contributed by atoms with Crippen molar-refractivity contribution in [1.82, 2.24) is 4.90 Å². The van der Waals surface area contributed by atoms with Crippen molar-refractivity contribution in [2.75, 3.05) is 11.9 Å². The summed E-state index contributed by atoms with van der Waals surface area (Å²) in [4.78, 5) is 26.9. The van der Waals surface area contributed by atoms with Crippen molar-refractivity contribution in [1.29, 1.82) is 0 Å². The van der Waals surface area contributed by atoms with E-state index in [0.717, 1.165) is 17.7 Å². The Kier molecular flexibility index (Phi) is 3.92. The fourth-order valence-corrected chi connectivity index (χ4v) is 2.86. The van der Waals surface area contributed by atoms with Gasteiger partial charge in [-0.25, -0.2) is 0 Å². The minimum absolute atomic E-state index is 0.0642. The van der Waals surface area contributed by atoms with Crippen LogP contribution in [0, 0.1) is 0 Å². The number of hydrogen-bond acceptors (Lipinski definition) is 2. The summed E-state index contributed by atoms with van der Waals surface area (Å²) in [6.07, 6.45) is 0.814. The normalized spacial score (nSPS) is 16.5. The SMILES string of the molecule is CCCN1C(=O)c2ccccc2C1C(=O)Nc1ccccc1. The molecule has 4 heteroatoms. The van der Waals surface area contributed by atoms with Gasteiger partial charge in [-0.1, -0.05) is 43.3 Å². The second kappa shape index (κ2) is 6.02. The molecule has 4 nitrogen and oxygen atoms in total. The lowest BCUT2D eigenvalue weighted by atomic mass is 10.0. The largest absolute Gasteiger partial charge is 0.324 e. The zero-order valence-electron chi connectivity index (χ0n) is 12.5. The summed E-state index contributed by atoms with van der Waals surface area (Å²) >= 11 is 0. The van der Waals surface area contributed by atoms with Gasteiger partial charge >= 0.3 is 0 Å². The summed E-state index contributed by atoms with van der Waals surface area (Å²) in [7, 11) is 0. The number of benzene rings is 2. The first-order chi connectivity index (χ1) is 10.7. The fraction of sp³-hybridized carbons (Fsp3) is 0.222. The van der Waals surface area contributed by atoms with Crippen LogP contribution in [-0.4, -0.2) is 23.3 Å². The number of carbonyl (C=O) groups is 2. The van der Waals surface area contributed by atoms with E-state index in [2.05, 4.69) is 5.32 Å². The second-order valence-electron chi connectivity index (χ2n) is 5.34. The molecule has 2 amide bonds. The van der Waals surface area contributed by atoms with Gasteiger partial charge in [-0.15, -0.1) is 0 Å². The third-order valence-corrected chi connectivity index (χ3v) is 3.81. The van der Waals surface area contributed by atoms with E-state index in [1.165, 1.54) is 0 Å². The number of rotatable bonds is 4. The molecule has 0 bridgehead atoms. The van der Waals surface area contributed by atoms with Gasteiger partial charge in [-0.3, -0.25) is 9.59 Å². The Morgan fingerprint density at radius 3 is 2.50 bits per heavy atom. The molecule has 1 aliphatic heterocycles. The maximum atomic E-state index is 12.7. The standard InChI is InChI=1S/C18H18N2O2/c1-2-12-20-16(14-10-6-7-11-15(14)18(20)22)17(21)19-13-8-4-3-5-9-13/h3-11,16H,2,12H2,1H3,(H,19,21). The second-order valence-corrected chi connectivity index (χ2v) is 5.34. The van der Waals surface area contributed by atoms with E-state index in [1.54, 1.807) is 11.0 Å². The molecule has 0 saturated carbocycles. The molecule has 1 aliphatic rings. The predicted octanol–water partition coefficient (Wildman–Crippen LogP) is 3.23. The van der Waals surface area contributed by atoms with Gasteiger partial charge < -0.3 is 10.2 Å². The number of amides is 2. The third kappa shape index (κ3) is 2.48. The Hall–Kier alpha value is -2.62. The molecular formula is C18H18N2O2. The number of anilines is 1. The van der Waals surface area contributed by atoms with Crippen molar-refractivity contribution >= 4 is 17.5 Å². The van der Waals surface area contributed by atoms with Gasteiger partial charge in [-0.05, 0) is 30.2 Å². The molecule has 2 aromatic rings. The Labute approximate surface area is 129 Å². The highest BCUT2D eigenvalue weighted by Crippen LogP contribution is 2.34. The highest BCUT2D eigenvalue weighted by atomic mass is 16.2. The number of fused-ring (bicyclic) bond motifs is 1. The lowest BCUT2D eigenvalue weighted by Crippen LogP contribution is -2.36. The van der Waals surface area contributed by atoms with E-state index in [9.17, 15) is 9.59 Å². The van der Waals surface area contributed by atoms with Crippen LogP contribution in [0.5, 0.6) is 0 Å². The fourth-order valence-electron chi connectivity index (χ4n) is 2.86. The van der Waals surface area contributed by atoms with Crippen LogP contribution in [0.25, 0.3) is 0 Å².